The van der Waals surface area contributed by atoms with Crippen molar-refractivity contribution >= 4 is 29.3 Å². The molecule has 2 atom stereocenters. The van der Waals surface area contributed by atoms with Gasteiger partial charge in [0.25, 0.3) is 0 Å². The van der Waals surface area contributed by atoms with Gasteiger partial charge in [-0.2, -0.15) is 5.10 Å². The molecule has 1 rings (SSSR count). The molecule has 0 aliphatic carbocycles. The normalized spacial score (nSPS) is 13.7. The summed E-state index contributed by atoms with van der Waals surface area (Å²) in [6, 6.07) is 1.24. The summed E-state index contributed by atoms with van der Waals surface area (Å²) in [5, 5.41) is 7.07. The van der Waals surface area contributed by atoms with Gasteiger partial charge in [-0.05, 0) is 27.2 Å². The molecule has 0 aliphatic heterocycles. The Morgan fingerprint density at radius 1 is 1.44 bits per heavy atom. The van der Waals surface area contributed by atoms with E-state index in [1.54, 1.807) is 25.5 Å². The number of carbonyl (C=O) groups excluding carboxylic acids is 2. The summed E-state index contributed by atoms with van der Waals surface area (Å²) < 4.78 is 23.0. The van der Waals surface area contributed by atoms with Gasteiger partial charge in [0.15, 0.2) is 11.1 Å². The third-order valence-electron chi connectivity index (χ3n) is 3.39. The summed E-state index contributed by atoms with van der Waals surface area (Å²) in [5.74, 6) is 0.865. The maximum Gasteiger partial charge on any atom is 0.408 e. The van der Waals surface area contributed by atoms with E-state index >= 15 is 0 Å². The number of nitrogens with one attached hydrogen (secondary N) is 1. The van der Waals surface area contributed by atoms with Gasteiger partial charge in [0.05, 0.1) is 18.3 Å². The molecule has 0 fully saturated rings. The second-order valence-electron chi connectivity index (χ2n) is 7.26. The van der Waals surface area contributed by atoms with Gasteiger partial charge in [0.2, 0.25) is 0 Å². The van der Waals surface area contributed by atoms with E-state index in [1.165, 1.54) is 6.26 Å². The van der Waals surface area contributed by atoms with Crippen molar-refractivity contribution in [2.75, 3.05) is 31.9 Å². The Morgan fingerprint density at radius 2 is 2.11 bits per heavy atom. The van der Waals surface area contributed by atoms with Crippen LogP contribution in [0.3, 0.4) is 0 Å². The number of anilines is 1. The molecule has 0 aliphatic rings. The summed E-state index contributed by atoms with van der Waals surface area (Å²) in [5.41, 5.74) is 0.170. The molecule has 0 spiro atoms. The van der Waals surface area contributed by atoms with E-state index in [1.807, 2.05) is 25.1 Å². The first-order valence-corrected chi connectivity index (χ1v) is 10.2. The predicted octanol–water partition coefficient (Wildman–Crippen LogP) is 1.28. The molecule has 0 saturated carbocycles. The van der Waals surface area contributed by atoms with Crippen molar-refractivity contribution < 1.29 is 22.7 Å². The minimum atomic E-state index is -1.31. The Kier molecular flexibility index (Phi) is 8.91. The number of hydrogen-bond donors (Lipinski definition) is 1. The van der Waals surface area contributed by atoms with Gasteiger partial charge in [-0.1, -0.05) is 0 Å². The number of rotatable bonds is 10. The monoisotopic (exact) mass is 402 g/mol. The van der Waals surface area contributed by atoms with E-state index in [-0.39, 0.29) is 0 Å². The van der Waals surface area contributed by atoms with Crippen molar-refractivity contribution in [1.82, 2.24) is 15.1 Å². The van der Waals surface area contributed by atoms with E-state index < -0.39 is 28.8 Å². The van der Waals surface area contributed by atoms with E-state index in [0.29, 0.717) is 32.3 Å². The summed E-state index contributed by atoms with van der Waals surface area (Å²) in [6.07, 6.45) is 2.44. The largest absolute Gasteiger partial charge is 0.444 e. The van der Waals surface area contributed by atoms with Gasteiger partial charge in [-0.3, -0.25) is 4.18 Å². The topological polar surface area (TPSA) is 103 Å². The number of carbonyl (C=O) groups is 2. The minimum Gasteiger partial charge on any atom is -0.444 e. The van der Waals surface area contributed by atoms with Crippen LogP contribution >= 0.6 is 0 Å². The molecule has 0 aromatic carbocycles. The average molecular weight is 403 g/mol. The summed E-state index contributed by atoms with van der Waals surface area (Å²) in [4.78, 5) is 25.0. The third kappa shape index (κ3) is 9.00. The fourth-order valence-corrected chi connectivity index (χ4v) is 2.58. The van der Waals surface area contributed by atoms with Crippen molar-refractivity contribution in [3.8, 4) is 0 Å². The first-order chi connectivity index (χ1) is 12.5. The minimum absolute atomic E-state index is 0.310. The Morgan fingerprint density at radius 3 is 2.63 bits per heavy atom. The molecule has 1 aromatic heterocycles. The lowest BCUT2D eigenvalue weighted by Crippen LogP contribution is -2.40. The molecule has 1 aromatic rings. The van der Waals surface area contributed by atoms with Gasteiger partial charge >= 0.3 is 6.09 Å². The lowest BCUT2D eigenvalue weighted by atomic mass is 10.2. The standard InChI is InChI=1S/C17H30N4O5S/c1-17(2,3)26-16(23)18-14(12-22)7-9-21-15(20(4)5)11-13(19-21)8-10-25-27(6)24/h11-12,14H,7-10H2,1-6H3,(H,18,23). The highest BCUT2D eigenvalue weighted by Crippen LogP contribution is 2.16. The number of aryl methyl sites for hydroxylation is 1. The Balaban J connectivity index is 2.69. The molecule has 154 valence electrons. The number of alkyl carbamates (subject to hydrolysis) is 1. The maximum absolute atomic E-state index is 11.8. The van der Waals surface area contributed by atoms with Crippen LogP contribution < -0.4 is 10.2 Å². The highest BCUT2D eigenvalue weighted by atomic mass is 32.2. The number of nitrogens with zero attached hydrogens (tertiary/aromatic N) is 3. The van der Waals surface area contributed by atoms with Gasteiger partial charge in [-0.15, -0.1) is 0 Å². The van der Waals surface area contributed by atoms with Gasteiger partial charge in [0.1, 0.15) is 17.7 Å². The molecular formula is C17H30N4O5S. The van der Waals surface area contributed by atoms with Crippen molar-refractivity contribution in [2.24, 2.45) is 0 Å². The second kappa shape index (κ2) is 10.4. The van der Waals surface area contributed by atoms with Gasteiger partial charge in [0, 0.05) is 39.4 Å². The molecule has 1 N–H and O–H groups in total. The maximum atomic E-state index is 11.8. The summed E-state index contributed by atoms with van der Waals surface area (Å²) in [7, 11) is 3.79. The average Bonchev–Trinajstić information content (AvgIpc) is 2.92. The number of hydrogen-bond acceptors (Lipinski definition) is 7. The van der Waals surface area contributed by atoms with Crippen molar-refractivity contribution in [3.05, 3.63) is 11.8 Å². The Hall–Kier alpha value is -1.94. The molecule has 2 unspecified atom stereocenters. The first kappa shape index (κ1) is 23.1. The van der Waals surface area contributed by atoms with Crippen molar-refractivity contribution in [1.29, 1.82) is 0 Å². The van der Waals surface area contributed by atoms with E-state index in [0.717, 1.165) is 11.5 Å². The van der Waals surface area contributed by atoms with Gasteiger partial charge < -0.3 is 19.7 Å². The Labute approximate surface area is 163 Å². The molecule has 9 nitrogen and oxygen atoms in total. The van der Waals surface area contributed by atoms with Crippen LogP contribution in [-0.2, 0) is 37.8 Å². The molecule has 0 bridgehead atoms. The van der Waals surface area contributed by atoms with Crippen molar-refractivity contribution in [2.45, 2.75) is 51.8 Å². The van der Waals surface area contributed by atoms with E-state index in [9.17, 15) is 13.8 Å². The number of ether oxygens (including phenoxy) is 1. The zero-order valence-electron chi connectivity index (χ0n) is 16.9. The van der Waals surface area contributed by atoms with Crippen LogP contribution in [0.25, 0.3) is 0 Å². The van der Waals surface area contributed by atoms with E-state index in [4.69, 9.17) is 8.92 Å². The quantitative estimate of drug-likeness (QED) is 0.588. The summed E-state index contributed by atoms with van der Waals surface area (Å²) >= 11 is -1.31. The number of amides is 1. The highest BCUT2D eigenvalue weighted by Gasteiger charge is 2.20. The zero-order valence-corrected chi connectivity index (χ0v) is 17.7. The van der Waals surface area contributed by atoms with Gasteiger partial charge in [-0.25, -0.2) is 13.7 Å². The zero-order chi connectivity index (χ0) is 20.6. The highest BCUT2D eigenvalue weighted by molar-refractivity contribution is 7.79. The fourth-order valence-electron chi connectivity index (χ4n) is 2.26. The molecule has 0 radical (unpaired) electrons. The fraction of sp³-hybridized carbons (Fsp3) is 0.706. The number of aromatic nitrogens is 2. The SMILES string of the molecule is CN(C)c1cc(CCOS(C)=O)nn1CCC(C=O)NC(=O)OC(C)(C)C. The van der Waals surface area contributed by atoms with Crippen molar-refractivity contribution in [3.63, 3.8) is 0 Å². The first-order valence-electron chi connectivity index (χ1n) is 8.67. The lowest BCUT2D eigenvalue weighted by Gasteiger charge is -2.22. The summed E-state index contributed by atoms with van der Waals surface area (Å²) in [6.45, 7) is 6.02. The predicted molar refractivity (Wildman–Crippen MR) is 104 cm³/mol. The Bertz CT molecular complexity index is 654. The molecule has 1 heterocycles. The molecule has 10 heteroatoms. The molecular weight excluding hydrogens is 372 g/mol. The molecule has 27 heavy (non-hydrogen) atoms. The van der Waals surface area contributed by atoms with Crippen LogP contribution in [-0.4, -0.2) is 65.0 Å². The smallest absolute Gasteiger partial charge is 0.408 e. The van der Waals surface area contributed by atoms with Crippen LogP contribution in [0.4, 0.5) is 10.6 Å². The van der Waals surface area contributed by atoms with E-state index in [2.05, 4.69) is 10.4 Å². The molecule has 0 saturated heterocycles. The number of aldehydes is 1. The lowest BCUT2D eigenvalue weighted by molar-refractivity contribution is -0.109. The third-order valence-corrected chi connectivity index (χ3v) is 3.89. The van der Waals surface area contributed by atoms with Crippen LogP contribution in [0.15, 0.2) is 6.07 Å². The van der Waals surface area contributed by atoms with Crippen LogP contribution in [0.2, 0.25) is 0 Å². The van der Waals surface area contributed by atoms with Crippen LogP contribution in [0.1, 0.15) is 32.9 Å². The second-order valence-corrected chi connectivity index (χ2v) is 8.30. The molecule has 1 amide bonds. The van der Waals surface area contributed by atoms with Crippen LogP contribution in [0, 0.1) is 0 Å². The van der Waals surface area contributed by atoms with Crippen LogP contribution in [0.5, 0.6) is 0 Å².